The van der Waals surface area contributed by atoms with Gasteiger partial charge in [0.1, 0.15) is 0 Å². The maximum atomic E-state index is 10.6. The Labute approximate surface area is 85.3 Å². The molecule has 0 aliphatic heterocycles. The van der Waals surface area contributed by atoms with Gasteiger partial charge in [-0.3, -0.25) is 10.1 Å². The van der Waals surface area contributed by atoms with Crippen LogP contribution in [0.4, 0.5) is 5.69 Å². The number of aliphatic hydroxyl groups excluding tert-OH is 1. The zero-order valence-electron chi connectivity index (χ0n) is 7.18. The van der Waals surface area contributed by atoms with Crippen LogP contribution in [0, 0.1) is 10.1 Å². The molecule has 1 aromatic carbocycles. The van der Waals surface area contributed by atoms with E-state index in [9.17, 15) is 15.2 Å². The molecule has 0 radical (unpaired) electrons. The smallest absolute Gasteiger partial charge is 0.276 e. The van der Waals surface area contributed by atoms with Crippen LogP contribution in [-0.2, 0) is 0 Å². The molecule has 0 spiro atoms. The Hall–Kier alpha value is -1.17. The first-order valence-corrected chi connectivity index (χ1v) is 4.26. The second kappa shape index (κ2) is 4.36. The first-order chi connectivity index (χ1) is 6.57. The molecule has 0 saturated heterocycles. The van der Waals surface area contributed by atoms with Crippen molar-refractivity contribution >= 4 is 17.3 Å². The van der Waals surface area contributed by atoms with Crippen LogP contribution in [0.25, 0.3) is 0 Å². The molecular weight excluding hydrogens is 208 g/mol. The number of rotatable bonds is 3. The Morgan fingerprint density at radius 2 is 2.29 bits per heavy atom. The monoisotopic (exact) mass is 216 g/mol. The van der Waals surface area contributed by atoms with Gasteiger partial charge in [0.25, 0.3) is 5.69 Å². The van der Waals surface area contributed by atoms with Gasteiger partial charge in [-0.15, -0.1) is 0 Å². The lowest BCUT2D eigenvalue weighted by atomic mass is 10.1. The van der Waals surface area contributed by atoms with Crippen molar-refractivity contribution in [3.63, 3.8) is 0 Å². The molecule has 6 heteroatoms. The molecule has 76 valence electrons. The highest BCUT2D eigenvalue weighted by atomic mass is 35.5. The number of nitro groups is 1. The number of benzene rings is 1. The van der Waals surface area contributed by atoms with E-state index in [4.69, 9.17) is 17.3 Å². The average Bonchev–Trinajstić information content (AvgIpc) is 2.16. The first-order valence-electron chi connectivity index (χ1n) is 3.89. The van der Waals surface area contributed by atoms with E-state index in [0.717, 1.165) is 0 Å². The summed E-state index contributed by atoms with van der Waals surface area (Å²) in [6, 6.07) is 4.20. The number of nitro benzene ring substituents is 1. The fourth-order valence-electron chi connectivity index (χ4n) is 1.13. The van der Waals surface area contributed by atoms with Crippen molar-refractivity contribution in [2.24, 2.45) is 5.73 Å². The van der Waals surface area contributed by atoms with Gasteiger partial charge in [0.2, 0.25) is 0 Å². The molecule has 14 heavy (non-hydrogen) atoms. The molecule has 0 aromatic heterocycles. The van der Waals surface area contributed by atoms with Crippen LogP contribution in [0.5, 0.6) is 0 Å². The van der Waals surface area contributed by atoms with Crippen LogP contribution < -0.4 is 5.73 Å². The fraction of sp³-hybridized carbons (Fsp3) is 0.250. The molecule has 1 rings (SSSR count). The summed E-state index contributed by atoms with van der Waals surface area (Å²) in [7, 11) is 0. The lowest BCUT2D eigenvalue weighted by Crippen LogP contribution is -2.13. The largest absolute Gasteiger partial charge is 0.387 e. The van der Waals surface area contributed by atoms with E-state index in [-0.39, 0.29) is 22.8 Å². The summed E-state index contributed by atoms with van der Waals surface area (Å²) in [6.07, 6.45) is -1.11. The van der Waals surface area contributed by atoms with Crippen molar-refractivity contribution in [1.29, 1.82) is 0 Å². The molecule has 5 nitrogen and oxygen atoms in total. The third-order valence-electron chi connectivity index (χ3n) is 1.78. The standard InChI is InChI=1S/C8H9ClN2O3/c9-5-2-1-3-6(11(13)14)8(5)7(12)4-10/h1-3,7,12H,4,10H2. The summed E-state index contributed by atoms with van der Waals surface area (Å²) < 4.78 is 0. The number of nitrogens with zero attached hydrogens (tertiary/aromatic N) is 1. The Balaban J connectivity index is 3.29. The van der Waals surface area contributed by atoms with Gasteiger partial charge in [-0.25, -0.2) is 0 Å². The third kappa shape index (κ3) is 2.01. The predicted octanol–water partition coefficient (Wildman–Crippen LogP) is 1.24. The van der Waals surface area contributed by atoms with Gasteiger partial charge in [-0.1, -0.05) is 17.7 Å². The number of hydrogen-bond donors (Lipinski definition) is 2. The lowest BCUT2D eigenvalue weighted by Gasteiger charge is -2.09. The average molecular weight is 217 g/mol. The van der Waals surface area contributed by atoms with Gasteiger partial charge in [-0.2, -0.15) is 0 Å². The Kier molecular flexibility index (Phi) is 3.40. The summed E-state index contributed by atoms with van der Waals surface area (Å²) in [5.74, 6) is 0. The molecule has 1 aromatic rings. The van der Waals surface area contributed by atoms with Crippen molar-refractivity contribution in [3.05, 3.63) is 38.9 Å². The molecule has 1 atom stereocenters. The Morgan fingerprint density at radius 1 is 1.64 bits per heavy atom. The number of hydrogen-bond acceptors (Lipinski definition) is 4. The van der Waals surface area contributed by atoms with E-state index in [0.29, 0.717) is 0 Å². The van der Waals surface area contributed by atoms with Crippen molar-refractivity contribution in [3.8, 4) is 0 Å². The van der Waals surface area contributed by atoms with Crippen LogP contribution in [0.15, 0.2) is 18.2 Å². The molecule has 1 unspecified atom stereocenters. The van der Waals surface area contributed by atoms with E-state index in [1.807, 2.05) is 0 Å². The van der Waals surface area contributed by atoms with Crippen LogP contribution in [0.1, 0.15) is 11.7 Å². The van der Waals surface area contributed by atoms with Crippen molar-refractivity contribution in [2.45, 2.75) is 6.10 Å². The van der Waals surface area contributed by atoms with Crippen molar-refractivity contribution in [2.75, 3.05) is 6.54 Å². The molecule has 3 N–H and O–H groups in total. The third-order valence-corrected chi connectivity index (χ3v) is 2.11. The zero-order valence-corrected chi connectivity index (χ0v) is 7.94. The van der Waals surface area contributed by atoms with Crippen LogP contribution >= 0.6 is 11.6 Å². The first kappa shape index (κ1) is 10.9. The quantitative estimate of drug-likeness (QED) is 0.588. The second-order valence-corrected chi connectivity index (χ2v) is 3.09. The van der Waals surface area contributed by atoms with E-state index in [1.54, 1.807) is 0 Å². The van der Waals surface area contributed by atoms with Gasteiger partial charge in [0.15, 0.2) is 0 Å². The van der Waals surface area contributed by atoms with Gasteiger partial charge in [0.05, 0.1) is 21.6 Å². The minimum atomic E-state index is -1.11. The fourth-order valence-corrected chi connectivity index (χ4v) is 1.43. The van der Waals surface area contributed by atoms with Crippen LogP contribution in [-0.4, -0.2) is 16.6 Å². The van der Waals surface area contributed by atoms with Crippen molar-refractivity contribution < 1.29 is 10.0 Å². The SMILES string of the molecule is NCC(O)c1c(Cl)cccc1[N+](=O)[O-]. The molecular formula is C8H9ClN2O3. The molecule has 0 saturated carbocycles. The molecule has 0 amide bonds. The van der Waals surface area contributed by atoms with Gasteiger partial charge in [0, 0.05) is 12.6 Å². The number of aliphatic hydroxyl groups is 1. The van der Waals surface area contributed by atoms with Gasteiger partial charge >= 0.3 is 0 Å². The summed E-state index contributed by atoms with van der Waals surface area (Å²) in [6.45, 7) is -0.107. The van der Waals surface area contributed by atoms with Gasteiger partial charge in [-0.05, 0) is 6.07 Å². The van der Waals surface area contributed by atoms with E-state index in [1.165, 1.54) is 18.2 Å². The van der Waals surface area contributed by atoms with E-state index in [2.05, 4.69) is 0 Å². The normalized spacial score (nSPS) is 12.5. The zero-order chi connectivity index (χ0) is 10.7. The minimum Gasteiger partial charge on any atom is -0.387 e. The van der Waals surface area contributed by atoms with Crippen LogP contribution in [0.3, 0.4) is 0 Å². The van der Waals surface area contributed by atoms with Crippen LogP contribution in [0.2, 0.25) is 5.02 Å². The van der Waals surface area contributed by atoms with E-state index >= 15 is 0 Å². The highest BCUT2D eigenvalue weighted by Crippen LogP contribution is 2.31. The minimum absolute atomic E-state index is 0.0710. The second-order valence-electron chi connectivity index (χ2n) is 2.68. The topological polar surface area (TPSA) is 89.4 Å². The number of halogens is 1. The maximum absolute atomic E-state index is 10.6. The van der Waals surface area contributed by atoms with E-state index < -0.39 is 11.0 Å². The number of nitrogens with two attached hydrogens (primary N) is 1. The molecule has 0 heterocycles. The van der Waals surface area contributed by atoms with Gasteiger partial charge < -0.3 is 10.8 Å². The summed E-state index contributed by atoms with van der Waals surface area (Å²) in [4.78, 5) is 9.99. The Morgan fingerprint density at radius 3 is 2.79 bits per heavy atom. The maximum Gasteiger partial charge on any atom is 0.276 e. The molecule has 0 fully saturated rings. The summed E-state index contributed by atoms with van der Waals surface area (Å²) >= 11 is 5.73. The highest BCUT2D eigenvalue weighted by molar-refractivity contribution is 6.31. The molecule has 0 bridgehead atoms. The molecule has 0 aliphatic carbocycles. The van der Waals surface area contributed by atoms with Crippen molar-refractivity contribution in [1.82, 2.24) is 0 Å². The summed E-state index contributed by atoms with van der Waals surface area (Å²) in [5.41, 5.74) is 5.07. The Bertz CT molecular complexity index is 356. The molecule has 0 aliphatic rings. The lowest BCUT2D eigenvalue weighted by molar-refractivity contribution is -0.386. The highest BCUT2D eigenvalue weighted by Gasteiger charge is 2.22. The summed E-state index contributed by atoms with van der Waals surface area (Å²) in [5, 5.41) is 20.2. The predicted molar refractivity (Wildman–Crippen MR) is 52.1 cm³/mol.